The molecule has 0 aliphatic heterocycles. The van der Waals surface area contributed by atoms with Gasteiger partial charge in [-0.3, -0.25) is 9.78 Å². The van der Waals surface area contributed by atoms with Gasteiger partial charge in [0.25, 0.3) is 0 Å². The maximum atomic E-state index is 10.7. The zero-order valence-corrected chi connectivity index (χ0v) is 8.11. The number of aromatic nitrogens is 3. The van der Waals surface area contributed by atoms with E-state index in [-0.39, 0.29) is 4.87 Å². The molecule has 0 spiro atoms. The predicted octanol–water partition coefficient (Wildman–Crippen LogP) is 0.900. The summed E-state index contributed by atoms with van der Waals surface area (Å²) in [5.74, 6) is 0. The van der Waals surface area contributed by atoms with Gasteiger partial charge in [-0.15, -0.1) is 16.4 Å². The molecule has 5 nitrogen and oxygen atoms in total. The van der Waals surface area contributed by atoms with E-state index < -0.39 is 0 Å². The lowest BCUT2D eigenvalue weighted by Crippen LogP contribution is -1.96. The van der Waals surface area contributed by atoms with Crippen LogP contribution in [0.4, 0.5) is 5.13 Å². The van der Waals surface area contributed by atoms with E-state index in [4.69, 9.17) is 0 Å². The highest BCUT2D eigenvalue weighted by Gasteiger charge is 1.98. The van der Waals surface area contributed by atoms with Gasteiger partial charge in [0.15, 0.2) is 0 Å². The Morgan fingerprint density at radius 3 is 3.15 bits per heavy atom. The topological polar surface area (TPSA) is 70.7 Å². The fraction of sp³-hybridized carbons (Fsp3) is 0.167. The van der Waals surface area contributed by atoms with Crippen LogP contribution in [0.5, 0.6) is 0 Å². The molecule has 0 bridgehead atoms. The lowest BCUT2D eigenvalue weighted by molar-refractivity contribution is 1.03. The number of hydrogen-bond acceptors (Lipinski definition) is 6. The predicted molar refractivity (Wildman–Crippen MR) is 52.2 cm³/mol. The minimum Gasteiger partial charge on any atom is -0.355 e. The average Bonchev–Trinajstić information content (AvgIpc) is 2.71. The van der Waals surface area contributed by atoms with Gasteiger partial charge in [0.05, 0.1) is 12.1 Å². The van der Waals surface area contributed by atoms with E-state index in [1.807, 2.05) is 0 Å². The van der Waals surface area contributed by atoms with E-state index in [1.165, 1.54) is 0 Å². The highest BCUT2D eigenvalue weighted by Crippen LogP contribution is 2.09. The minimum absolute atomic E-state index is 0.146. The summed E-state index contributed by atoms with van der Waals surface area (Å²) in [6.07, 6.45) is 1.78. The SMILES string of the molecule is O=c1[nH]nc(NCc2cncs2)s1. The number of nitrogens with zero attached hydrogens (tertiary/aromatic N) is 2. The van der Waals surface area contributed by atoms with Gasteiger partial charge in [0.2, 0.25) is 5.13 Å². The molecule has 2 aromatic heterocycles. The van der Waals surface area contributed by atoms with E-state index in [0.717, 1.165) is 16.2 Å². The molecule has 7 heteroatoms. The second-order valence-corrected chi connectivity index (χ2v) is 4.17. The summed E-state index contributed by atoms with van der Waals surface area (Å²) < 4.78 is 0. The number of aromatic amines is 1. The largest absolute Gasteiger partial charge is 0.355 e. The average molecular weight is 214 g/mol. The monoisotopic (exact) mass is 214 g/mol. The Hall–Kier alpha value is -1.21. The number of thiazole rings is 1. The summed E-state index contributed by atoms with van der Waals surface area (Å²) in [7, 11) is 0. The van der Waals surface area contributed by atoms with Crippen LogP contribution < -0.4 is 10.2 Å². The van der Waals surface area contributed by atoms with Crippen LogP contribution in [0.25, 0.3) is 0 Å². The van der Waals surface area contributed by atoms with Crippen molar-refractivity contribution in [1.29, 1.82) is 0 Å². The number of nitrogens with one attached hydrogen (secondary N) is 2. The van der Waals surface area contributed by atoms with E-state index >= 15 is 0 Å². The first-order valence-corrected chi connectivity index (χ1v) is 5.21. The summed E-state index contributed by atoms with van der Waals surface area (Å²) in [6, 6.07) is 0. The quantitative estimate of drug-likeness (QED) is 0.796. The highest BCUT2D eigenvalue weighted by molar-refractivity contribution is 7.13. The molecular weight excluding hydrogens is 208 g/mol. The molecule has 2 rings (SSSR count). The Labute approximate surface area is 81.5 Å². The summed E-state index contributed by atoms with van der Waals surface area (Å²) >= 11 is 2.62. The van der Waals surface area contributed by atoms with Crippen molar-refractivity contribution in [3.8, 4) is 0 Å². The van der Waals surface area contributed by atoms with Gasteiger partial charge >= 0.3 is 4.87 Å². The molecule has 0 fully saturated rings. The maximum Gasteiger partial charge on any atom is 0.324 e. The first-order valence-electron chi connectivity index (χ1n) is 3.51. The molecule has 2 N–H and O–H groups in total. The molecule has 0 atom stereocenters. The molecule has 13 heavy (non-hydrogen) atoms. The molecule has 0 aliphatic carbocycles. The van der Waals surface area contributed by atoms with Crippen molar-refractivity contribution >= 4 is 27.8 Å². The van der Waals surface area contributed by atoms with Crippen molar-refractivity contribution in [1.82, 2.24) is 15.2 Å². The molecule has 0 radical (unpaired) electrons. The third-order valence-electron chi connectivity index (χ3n) is 1.34. The minimum atomic E-state index is -0.146. The Balaban J connectivity index is 1.97. The van der Waals surface area contributed by atoms with Crippen LogP contribution in [0.15, 0.2) is 16.5 Å². The first kappa shape index (κ1) is 8.39. The normalized spacial score (nSPS) is 10.2. The number of anilines is 1. The standard InChI is InChI=1S/C6H6N4OS2/c11-6-10-9-5(13-6)8-2-4-1-7-3-12-4/h1,3H,2H2,(H,8,9)(H,10,11). The van der Waals surface area contributed by atoms with Gasteiger partial charge in [-0.25, -0.2) is 5.10 Å². The fourth-order valence-electron chi connectivity index (χ4n) is 0.798. The van der Waals surface area contributed by atoms with Gasteiger partial charge in [-0.2, -0.15) is 0 Å². The van der Waals surface area contributed by atoms with Crippen molar-refractivity contribution in [2.45, 2.75) is 6.54 Å². The summed E-state index contributed by atoms with van der Waals surface area (Å²) in [6.45, 7) is 0.658. The second-order valence-electron chi connectivity index (χ2n) is 2.24. The van der Waals surface area contributed by atoms with Crippen LogP contribution in [0.3, 0.4) is 0 Å². The summed E-state index contributed by atoms with van der Waals surface area (Å²) in [5.41, 5.74) is 1.77. The Morgan fingerprint density at radius 1 is 1.62 bits per heavy atom. The van der Waals surface area contributed by atoms with Crippen molar-refractivity contribution in [3.05, 3.63) is 26.3 Å². The van der Waals surface area contributed by atoms with Crippen LogP contribution in [-0.2, 0) is 6.54 Å². The van der Waals surface area contributed by atoms with Crippen molar-refractivity contribution < 1.29 is 0 Å². The van der Waals surface area contributed by atoms with Crippen LogP contribution in [0.1, 0.15) is 4.88 Å². The zero-order chi connectivity index (χ0) is 9.10. The molecule has 0 amide bonds. The number of H-pyrrole nitrogens is 1. The van der Waals surface area contributed by atoms with E-state index in [9.17, 15) is 4.79 Å². The molecule has 0 aromatic carbocycles. The lowest BCUT2D eigenvalue weighted by Gasteiger charge is -1.96. The molecule has 0 saturated heterocycles. The van der Waals surface area contributed by atoms with Gasteiger partial charge in [0, 0.05) is 11.1 Å². The third kappa shape index (κ3) is 2.13. The maximum absolute atomic E-state index is 10.7. The van der Waals surface area contributed by atoms with Crippen molar-refractivity contribution in [2.75, 3.05) is 5.32 Å². The molecule has 2 heterocycles. The van der Waals surface area contributed by atoms with Gasteiger partial charge in [-0.1, -0.05) is 0 Å². The molecule has 68 valence electrons. The number of hydrogen-bond donors (Lipinski definition) is 2. The molecule has 0 saturated carbocycles. The second kappa shape index (κ2) is 3.67. The van der Waals surface area contributed by atoms with Crippen LogP contribution in [-0.4, -0.2) is 15.2 Å². The highest BCUT2D eigenvalue weighted by atomic mass is 32.1. The summed E-state index contributed by atoms with van der Waals surface area (Å²) in [4.78, 5) is 15.6. The van der Waals surface area contributed by atoms with Crippen LogP contribution in [0, 0.1) is 0 Å². The summed E-state index contributed by atoms with van der Waals surface area (Å²) in [5, 5.41) is 9.73. The van der Waals surface area contributed by atoms with Gasteiger partial charge in [0.1, 0.15) is 0 Å². The fourth-order valence-corrected chi connectivity index (χ4v) is 1.83. The Bertz CT molecular complexity index is 418. The zero-order valence-electron chi connectivity index (χ0n) is 6.48. The molecular formula is C6H6N4OS2. The third-order valence-corrected chi connectivity index (χ3v) is 2.82. The van der Waals surface area contributed by atoms with Gasteiger partial charge in [-0.05, 0) is 11.3 Å². The first-order chi connectivity index (χ1) is 6.34. The smallest absolute Gasteiger partial charge is 0.324 e. The van der Waals surface area contributed by atoms with Crippen molar-refractivity contribution in [2.24, 2.45) is 0 Å². The molecule has 2 aromatic rings. The Morgan fingerprint density at radius 2 is 2.54 bits per heavy atom. The molecule has 0 aliphatic rings. The van der Waals surface area contributed by atoms with Crippen molar-refractivity contribution in [3.63, 3.8) is 0 Å². The van der Waals surface area contributed by atoms with Crippen LogP contribution in [0.2, 0.25) is 0 Å². The van der Waals surface area contributed by atoms with E-state index in [1.54, 1.807) is 23.0 Å². The molecule has 0 unspecified atom stereocenters. The number of rotatable bonds is 3. The Kier molecular flexibility index (Phi) is 2.37. The van der Waals surface area contributed by atoms with E-state index in [0.29, 0.717) is 11.7 Å². The van der Waals surface area contributed by atoms with Gasteiger partial charge < -0.3 is 5.32 Å². The van der Waals surface area contributed by atoms with Crippen LogP contribution >= 0.6 is 22.7 Å². The van der Waals surface area contributed by atoms with E-state index in [2.05, 4.69) is 20.5 Å². The lowest BCUT2D eigenvalue weighted by atomic mass is 10.5.